The van der Waals surface area contributed by atoms with Gasteiger partial charge >= 0.3 is 0 Å². The van der Waals surface area contributed by atoms with Gasteiger partial charge in [0.15, 0.2) is 5.69 Å². The van der Waals surface area contributed by atoms with Crippen molar-refractivity contribution in [3.63, 3.8) is 0 Å². The van der Waals surface area contributed by atoms with Crippen molar-refractivity contribution in [2.75, 3.05) is 7.05 Å². The molecule has 0 saturated heterocycles. The molecule has 126 valence electrons. The number of rotatable bonds is 4. The van der Waals surface area contributed by atoms with Gasteiger partial charge in [-0.05, 0) is 43.2 Å². The van der Waals surface area contributed by atoms with E-state index in [2.05, 4.69) is 25.6 Å². The van der Waals surface area contributed by atoms with Crippen LogP contribution in [-0.4, -0.2) is 27.7 Å². The molecular formula is C18H18N6O. The molecule has 0 radical (unpaired) electrons. The van der Waals surface area contributed by atoms with E-state index in [-0.39, 0.29) is 5.91 Å². The first kappa shape index (κ1) is 16.5. The first-order valence-corrected chi connectivity index (χ1v) is 7.81. The van der Waals surface area contributed by atoms with Gasteiger partial charge in [-0.2, -0.15) is 5.10 Å². The molecule has 25 heavy (non-hydrogen) atoms. The first-order chi connectivity index (χ1) is 12.1. The van der Waals surface area contributed by atoms with Gasteiger partial charge in [-0.15, -0.1) is 10.2 Å². The summed E-state index contributed by atoms with van der Waals surface area (Å²) in [5, 5.41) is 15.5. The third-order valence-corrected chi connectivity index (χ3v) is 3.75. The van der Waals surface area contributed by atoms with Gasteiger partial charge in [0.05, 0.1) is 5.69 Å². The SMILES string of the molecule is CNC(=O)c1ccn(-c2c(C)ccnc2N=Nc2ccccc2C)n1. The Balaban J connectivity index is 2.02. The molecule has 0 atom stereocenters. The minimum absolute atomic E-state index is 0.247. The Bertz CT molecular complexity index is 944. The van der Waals surface area contributed by atoms with E-state index >= 15 is 0 Å². The third kappa shape index (κ3) is 3.45. The Morgan fingerprint density at radius 2 is 1.88 bits per heavy atom. The van der Waals surface area contributed by atoms with Crippen LogP contribution in [0.4, 0.5) is 11.5 Å². The molecule has 1 aromatic carbocycles. The van der Waals surface area contributed by atoms with E-state index in [1.165, 1.54) is 0 Å². The van der Waals surface area contributed by atoms with Crippen molar-refractivity contribution in [2.45, 2.75) is 13.8 Å². The highest BCUT2D eigenvalue weighted by atomic mass is 16.1. The van der Waals surface area contributed by atoms with Crippen molar-refractivity contribution in [3.05, 3.63) is 65.6 Å². The second-order valence-corrected chi connectivity index (χ2v) is 5.51. The molecule has 7 nitrogen and oxygen atoms in total. The maximum Gasteiger partial charge on any atom is 0.271 e. The molecular weight excluding hydrogens is 316 g/mol. The van der Waals surface area contributed by atoms with Gasteiger partial charge in [0.25, 0.3) is 5.91 Å². The summed E-state index contributed by atoms with van der Waals surface area (Å²) in [4.78, 5) is 16.0. The van der Waals surface area contributed by atoms with Gasteiger partial charge in [0, 0.05) is 19.4 Å². The Morgan fingerprint density at radius 1 is 1.08 bits per heavy atom. The first-order valence-electron chi connectivity index (χ1n) is 7.81. The number of pyridine rings is 1. The third-order valence-electron chi connectivity index (χ3n) is 3.75. The smallest absolute Gasteiger partial charge is 0.271 e. The van der Waals surface area contributed by atoms with Gasteiger partial charge in [-0.3, -0.25) is 4.79 Å². The van der Waals surface area contributed by atoms with Crippen LogP contribution in [0, 0.1) is 13.8 Å². The molecule has 0 aliphatic heterocycles. The molecule has 2 aromatic heterocycles. The minimum Gasteiger partial charge on any atom is -0.354 e. The van der Waals surface area contributed by atoms with Crippen molar-refractivity contribution >= 4 is 17.4 Å². The molecule has 0 aliphatic carbocycles. The fourth-order valence-corrected chi connectivity index (χ4v) is 2.37. The lowest BCUT2D eigenvalue weighted by atomic mass is 10.2. The molecule has 0 spiro atoms. The standard InChI is InChI=1S/C18H18N6O/c1-12-6-4-5-7-14(12)21-22-17-16(13(2)8-10-20-17)24-11-9-15(23-24)18(25)19-3/h4-11H,1-3H3,(H,19,25). The van der Waals surface area contributed by atoms with E-state index in [9.17, 15) is 4.79 Å². The van der Waals surface area contributed by atoms with Crippen molar-refractivity contribution in [2.24, 2.45) is 10.2 Å². The van der Waals surface area contributed by atoms with Gasteiger partial charge in [0.1, 0.15) is 5.69 Å². The van der Waals surface area contributed by atoms with Gasteiger partial charge in [0.2, 0.25) is 5.82 Å². The number of hydrogen-bond donors (Lipinski definition) is 1. The second-order valence-electron chi connectivity index (χ2n) is 5.51. The second kappa shape index (κ2) is 7.04. The van der Waals surface area contributed by atoms with E-state index in [4.69, 9.17) is 0 Å². The number of nitrogens with one attached hydrogen (secondary N) is 1. The highest BCUT2D eigenvalue weighted by Crippen LogP contribution is 2.27. The van der Waals surface area contributed by atoms with E-state index < -0.39 is 0 Å². The van der Waals surface area contributed by atoms with Gasteiger partial charge in [-0.1, -0.05) is 18.2 Å². The van der Waals surface area contributed by atoms with Gasteiger partial charge < -0.3 is 5.32 Å². The molecule has 3 aromatic rings. The molecule has 0 fully saturated rings. The highest BCUT2D eigenvalue weighted by molar-refractivity contribution is 5.91. The lowest BCUT2D eigenvalue weighted by molar-refractivity contribution is 0.0957. The number of carbonyl (C=O) groups is 1. The number of amides is 1. The van der Waals surface area contributed by atoms with E-state index in [1.54, 1.807) is 30.2 Å². The largest absolute Gasteiger partial charge is 0.354 e. The lowest BCUT2D eigenvalue weighted by Crippen LogP contribution is -2.18. The van der Waals surface area contributed by atoms with Crippen LogP contribution in [0.1, 0.15) is 21.6 Å². The monoisotopic (exact) mass is 334 g/mol. The average Bonchev–Trinajstić information content (AvgIpc) is 3.10. The fourth-order valence-electron chi connectivity index (χ4n) is 2.37. The topological polar surface area (TPSA) is 84.5 Å². The van der Waals surface area contributed by atoms with E-state index in [1.807, 2.05) is 44.2 Å². The molecule has 3 rings (SSSR count). The van der Waals surface area contributed by atoms with Crippen molar-refractivity contribution in [3.8, 4) is 5.69 Å². The summed E-state index contributed by atoms with van der Waals surface area (Å²) in [5.41, 5.74) is 3.76. The number of aryl methyl sites for hydroxylation is 2. The van der Waals surface area contributed by atoms with Gasteiger partial charge in [-0.25, -0.2) is 9.67 Å². The molecule has 0 saturated carbocycles. The quantitative estimate of drug-likeness (QED) is 0.739. The van der Waals surface area contributed by atoms with Crippen LogP contribution in [0.2, 0.25) is 0 Å². The van der Waals surface area contributed by atoms with Crippen molar-refractivity contribution in [1.82, 2.24) is 20.1 Å². The molecule has 0 unspecified atom stereocenters. The number of benzene rings is 1. The predicted octanol–water partition coefficient (Wildman–Crippen LogP) is 3.66. The van der Waals surface area contributed by atoms with Crippen LogP contribution in [0.15, 0.2) is 59.0 Å². The number of hydrogen-bond acceptors (Lipinski definition) is 5. The number of aromatic nitrogens is 3. The number of carbonyl (C=O) groups excluding carboxylic acids is 1. The van der Waals surface area contributed by atoms with E-state index in [0.717, 1.165) is 16.8 Å². The van der Waals surface area contributed by atoms with Crippen LogP contribution in [0.3, 0.4) is 0 Å². The highest BCUT2D eigenvalue weighted by Gasteiger charge is 2.13. The zero-order chi connectivity index (χ0) is 17.8. The number of nitrogens with zero attached hydrogens (tertiary/aromatic N) is 5. The summed E-state index contributed by atoms with van der Waals surface area (Å²) in [7, 11) is 1.57. The minimum atomic E-state index is -0.247. The summed E-state index contributed by atoms with van der Waals surface area (Å²) in [6.45, 7) is 3.91. The maximum atomic E-state index is 11.7. The zero-order valence-electron chi connectivity index (χ0n) is 14.3. The van der Waals surface area contributed by atoms with Crippen molar-refractivity contribution < 1.29 is 4.79 Å². The predicted molar refractivity (Wildman–Crippen MR) is 94.8 cm³/mol. The Kier molecular flexibility index (Phi) is 4.65. The normalized spacial score (nSPS) is 11.0. The summed E-state index contributed by atoms with van der Waals surface area (Å²) in [5.74, 6) is 0.193. The molecule has 7 heteroatoms. The lowest BCUT2D eigenvalue weighted by Gasteiger charge is -2.08. The van der Waals surface area contributed by atoms with Crippen molar-refractivity contribution in [1.29, 1.82) is 0 Å². The summed E-state index contributed by atoms with van der Waals surface area (Å²) >= 11 is 0. The molecule has 1 N–H and O–H groups in total. The molecule has 0 bridgehead atoms. The van der Waals surface area contributed by atoms with Crippen LogP contribution in [0.5, 0.6) is 0 Å². The Morgan fingerprint density at radius 3 is 2.64 bits per heavy atom. The maximum absolute atomic E-state index is 11.7. The zero-order valence-corrected chi connectivity index (χ0v) is 14.3. The van der Waals surface area contributed by atoms with Crippen LogP contribution < -0.4 is 5.32 Å². The fraction of sp³-hybridized carbons (Fsp3) is 0.167. The molecule has 2 heterocycles. The Hall–Kier alpha value is -3.35. The summed E-state index contributed by atoms with van der Waals surface area (Å²) in [6.07, 6.45) is 3.38. The van der Waals surface area contributed by atoms with E-state index in [0.29, 0.717) is 17.2 Å². The molecule has 0 aliphatic rings. The Labute approximate surface area is 145 Å². The average molecular weight is 334 g/mol. The van der Waals surface area contributed by atoms with Crippen LogP contribution in [0.25, 0.3) is 5.69 Å². The van der Waals surface area contributed by atoms with Crippen LogP contribution in [-0.2, 0) is 0 Å². The summed E-state index contributed by atoms with van der Waals surface area (Å²) in [6, 6.07) is 11.2. The summed E-state index contributed by atoms with van der Waals surface area (Å²) < 4.78 is 1.60. The number of azo groups is 1. The molecule has 1 amide bonds. The van der Waals surface area contributed by atoms with Crippen LogP contribution >= 0.6 is 0 Å².